The Hall–Kier alpha value is -2.52. The van der Waals surface area contributed by atoms with Crippen molar-refractivity contribution in [2.75, 3.05) is 33.2 Å². The van der Waals surface area contributed by atoms with Gasteiger partial charge in [-0.2, -0.15) is 0 Å². The van der Waals surface area contributed by atoms with E-state index in [2.05, 4.69) is 72.3 Å². The average molecular weight is 533 g/mol. The number of nitrogens with zero attached hydrogens (tertiary/aromatic N) is 3. The first-order valence-electron chi connectivity index (χ1n) is 15.5. The third kappa shape index (κ3) is 5.99. The van der Waals surface area contributed by atoms with Crippen LogP contribution >= 0.6 is 0 Å². The molecule has 0 aromatic carbocycles. The van der Waals surface area contributed by atoms with Gasteiger partial charge in [0, 0.05) is 25.6 Å². The average Bonchev–Trinajstić information content (AvgIpc) is 3.61. The summed E-state index contributed by atoms with van der Waals surface area (Å²) >= 11 is 0. The molecule has 2 aliphatic carbocycles. The van der Waals surface area contributed by atoms with Gasteiger partial charge in [0.1, 0.15) is 0 Å². The van der Waals surface area contributed by atoms with Gasteiger partial charge in [-0.15, -0.1) is 0 Å². The molecule has 1 saturated carbocycles. The molecule has 2 amide bonds. The zero-order valence-electron chi connectivity index (χ0n) is 24.8. The molecule has 4 unspecified atom stereocenters. The fourth-order valence-corrected chi connectivity index (χ4v) is 7.25. The summed E-state index contributed by atoms with van der Waals surface area (Å²) < 4.78 is 0. The zero-order valence-corrected chi connectivity index (χ0v) is 24.8. The number of amides is 2. The van der Waals surface area contributed by atoms with E-state index < -0.39 is 0 Å². The summed E-state index contributed by atoms with van der Waals surface area (Å²) in [5.74, 6) is 1.07. The van der Waals surface area contributed by atoms with Crippen LogP contribution in [0.2, 0.25) is 0 Å². The highest BCUT2D eigenvalue weighted by molar-refractivity contribution is 5.98. The van der Waals surface area contributed by atoms with Crippen LogP contribution in [-0.2, 0) is 9.59 Å². The van der Waals surface area contributed by atoms with E-state index in [1.165, 1.54) is 19.3 Å². The number of piperazine rings is 1. The minimum atomic E-state index is -0.269. The van der Waals surface area contributed by atoms with Crippen molar-refractivity contribution >= 4 is 11.8 Å². The lowest BCUT2D eigenvalue weighted by Crippen LogP contribution is -2.51. The number of piperidine rings is 1. The molecular formula is C33H48N4O2. The molecule has 5 rings (SSSR count). The molecule has 0 aromatic rings. The second kappa shape index (κ2) is 11.5. The van der Waals surface area contributed by atoms with Crippen molar-refractivity contribution in [2.24, 2.45) is 29.1 Å². The number of fused-ring (bicyclic) bond motifs is 3. The molecule has 6 nitrogen and oxygen atoms in total. The summed E-state index contributed by atoms with van der Waals surface area (Å²) in [5, 5.41) is 3.09. The second-order valence-electron chi connectivity index (χ2n) is 13.2. The van der Waals surface area contributed by atoms with E-state index in [4.69, 9.17) is 0 Å². The number of hydrogen-bond acceptors (Lipinski definition) is 4. The van der Waals surface area contributed by atoms with E-state index in [0.717, 1.165) is 87.7 Å². The molecule has 3 fully saturated rings. The van der Waals surface area contributed by atoms with Crippen LogP contribution < -0.4 is 5.32 Å². The Labute approximate surface area is 235 Å². The van der Waals surface area contributed by atoms with E-state index in [0.29, 0.717) is 11.6 Å². The number of carbonyl (C=O) groups excluding carboxylic acids is 2. The van der Waals surface area contributed by atoms with Crippen LogP contribution in [0.5, 0.6) is 0 Å². The smallest absolute Gasteiger partial charge is 0.281 e. The van der Waals surface area contributed by atoms with Gasteiger partial charge in [-0.25, -0.2) is 0 Å². The first-order chi connectivity index (χ1) is 18.7. The SMILES string of the molecule is CCCC(CCC1CC1)C1=C=C=C2C(=O)NC3=CC(C(=O)N4CCCC(C)(CN(C)CCC)C4)C(C)C=C3N21. The monoisotopic (exact) mass is 532 g/mol. The van der Waals surface area contributed by atoms with Gasteiger partial charge in [-0.3, -0.25) is 14.5 Å². The van der Waals surface area contributed by atoms with Crippen LogP contribution in [0.15, 0.2) is 46.4 Å². The number of nitrogens with one attached hydrogen (secondary N) is 1. The van der Waals surface area contributed by atoms with Gasteiger partial charge in [0.25, 0.3) is 5.91 Å². The lowest BCUT2D eigenvalue weighted by Gasteiger charge is -2.44. The van der Waals surface area contributed by atoms with Crippen LogP contribution in [0.3, 0.4) is 0 Å². The summed E-state index contributed by atoms with van der Waals surface area (Å²) in [6.07, 6.45) is 14.9. The maximum atomic E-state index is 13.9. The predicted molar refractivity (Wildman–Crippen MR) is 155 cm³/mol. The molecule has 0 spiro atoms. The lowest BCUT2D eigenvalue weighted by molar-refractivity contribution is -0.138. The van der Waals surface area contributed by atoms with E-state index in [-0.39, 0.29) is 29.1 Å². The Morgan fingerprint density at radius 3 is 2.72 bits per heavy atom. The molecule has 1 N–H and O–H groups in total. The fraction of sp³-hybridized carbons (Fsp3) is 0.697. The molecular weight excluding hydrogens is 484 g/mol. The van der Waals surface area contributed by atoms with Crippen LogP contribution in [0, 0.1) is 29.1 Å². The molecule has 4 atom stereocenters. The Morgan fingerprint density at radius 1 is 1.21 bits per heavy atom. The highest BCUT2D eigenvalue weighted by Gasteiger charge is 2.43. The van der Waals surface area contributed by atoms with Crippen molar-refractivity contribution in [3.63, 3.8) is 0 Å². The fourth-order valence-electron chi connectivity index (χ4n) is 7.25. The number of hydrogen-bond donors (Lipinski definition) is 1. The minimum absolute atomic E-state index is 0.0430. The van der Waals surface area contributed by atoms with Gasteiger partial charge in [0.05, 0.1) is 23.0 Å². The molecule has 212 valence electrons. The molecule has 5 aliphatic rings. The first kappa shape index (κ1) is 28.0. The molecule has 3 heterocycles. The molecule has 0 bridgehead atoms. The highest BCUT2D eigenvalue weighted by atomic mass is 16.2. The quantitative estimate of drug-likeness (QED) is 0.354. The molecule has 0 radical (unpaired) electrons. The van der Waals surface area contributed by atoms with Gasteiger partial charge < -0.3 is 15.1 Å². The van der Waals surface area contributed by atoms with E-state index in [1.807, 2.05) is 6.08 Å². The van der Waals surface area contributed by atoms with Crippen molar-refractivity contribution in [3.05, 3.63) is 46.4 Å². The van der Waals surface area contributed by atoms with Crippen LogP contribution in [0.1, 0.15) is 85.5 Å². The summed E-state index contributed by atoms with van der Waals surface area (Å²) in [4.78, 5) is 33.7. The van der Waals surface area contributed by atoms with Crippen molar-refractivity contribution in [1.29, 1.82) is 0 Å². The predicted octanol–water partition coefficient (Wildman–Crippen LogP) is 5.56. The Balaban J connectivity index is 1.33. The summed E-state index contributed by atoms with van der Waals surface area (Å²) in [6.45, 7) is 12.6. The van der Waals surface area contributed by atoms with Gasteiger partial charge in [0.15, 0.2) is 5.70 Å². The Morgan fingerprint density at radius 2 is 2.00 bits per heavy atom. The molecule has 3 aliphatic heterocycles. The van der Waals surface area contributed by atoms with Crippen molar-refractivity contribution in [3.8, 4) is 0 Å². The standard InChI is InChI=1S/C33H48N4O2/c1-6-9-25(13-12-24-10-11-24)28-14-15-29-31(38)34-27-20-26(23(3)19-30(27)37(28)29)32(39)36-18-8-16-33(4,22-36)21-35(5)17-7-2/h19-20,23-26H,6-13,16-18,21-22H2,1-5H3,(H,34,38). The minimum Gasteiger partial charge on any atom is -0.342 e. The highest BCUT2D eigenvalue weighted by Crippen LogP contribution is 2.43. The molecule has 39 heavy (non-hydrogen) atoms. The molecule has 6 heteroatoms. The van der Waals surface area contributed by atoms with Gasteiger partial charge in [0.2, 0.25) is 5.91 Å². The second-order valence-corrected chi connectivity index (χ2v) is 13.2. The van der Waals surface area contributed by atoms with E-state index in [9.17, 15) is 9.59 Å². The summed E-state index contributed by atoms with van der Waals surface area (Å²) in [7, 11) is 2.19. The maximum Gasteiger partial charge on any atom is 0.281 e. The molecule has 2 saturated heterocycles. The summed E-state index contributed by atoms with van der Waals surface area (Å²) in [6, 6.07) is 0. The largest absolute Gasteiger partial charge is 0.342 e. The van der Waals surface area contributed by atoms with Crippen molar-refractivity contribution in [1.82, 2.24) is 20.0 Å². The van der Waals surface area contributed by atoms with Crippen molar-refractivity contribution < 1.29 is 9.59 Å². The Kier molecular flexibility index (Phi) is 8.29. The lowest BCUT2D eigenvalue weighted by atomic mass is 9.79. The van der Waals surface area contributed by atoms with Gasteiger partial charge in [-0.05, 0) is 86.9 Å². The molecule has 0 aromatic heterocycles. The number of likely N-dealkylation sites (tertiary alicyclic amines) is 1. The van der Waals surface area contributed by atoms with Crippen LogP contribution in [-0.4, -0.2) is 59.7 Å². The van der Waals surface area contributed by atoms with Gasteiger partial charge in [-0.1, -0.05) is 53.0 Å². The van der Waals surface area contributed by atoms with E-state index >= 15 is 0 Å². The van der Waals surface area contributed by atoms with E-state index in [1.54, 1.807) is 0 Å². The summed E-state index contributed by atoms with van der Waals surface area (Å²) in [5.41, 5.74) is 10.0. The van der Waals surface area contributed by atoms with Gasteiger partial charge >= 0.3 is 0 Å². The van der Waals surface area contributed by atoms with Crippen LogP contribution in [0.25, 0.3) is 0 Å². The topological polar surface area (TPSA) is 55.9 Å². The number of allylic oxidation sites excluding steroid dienone is 2. The Bertz CT molecular complexity index is 1150. The third-order valence-electron chi connectivity index (χ3n) is 9.37. The maximum absolute atomic E-state index is 13.9. The third-order valence-corrected chi connectivity index (χ3v) is 9.37. The zero-order chi connectivity index (χ0) is 27.7. The normalized spacial score (nSPS) is 28.8. The first-order valence-corrected chi connectivity index (χ1v) is 15.5. The number of carbonyl (C=O) groups is 2. The van der Waals surface area contributed by atoms with Crippen molar-refractivity contribution in [2.45, 2.75) is 85.5 Å². The van der Waals surface area contributed by atoms with Crippen LogP contribution in [0.4, 0.5) is 0 Å². The number of rotatable bonds is 11.